The van der Waals surface area contributed by atoms with Crippen molar-refractivity contribution in [1.29, 1.82) is 0 Å². The molecule has 2 rings (SSSR count). The Balaban J connectivity index is 2.01. The number of esters is 1. The highest BCUT2D eigenvalue weighted by molar-refractivity contribution is 6.07. The van der Waals surface area contributed by atoms with Crippen molar-refractivity contribution in [3.05, 3.63) is 54.6 Å². The molecule has 0 bridgehead atoms. The van der Waals surface area contributed by atoms with Crippen LogP contribution in [-0.4, -0.2) is 18.5 Å². The number of carbonyl (C=O) groups is 2. The molecule has 0 atom stereocenters. The molecule has 1 amide bonds. The van der Waals surface area contributed by atoms with Crippen LogP contribution in [0.5, 0.6) is 0 Å². The molecule has 0 heterocycles. The molecule has 0 aliphatic carbocycles. The summed E-state index contributed by atoms with van der Waals surface area (Å²) in [5, 5.41) is 4.77. The second-order valence-electron chi connectivity index (χ2n) is 5.37. The van der Waals surface area contributed by atoms with Crippen LogP contribution in [0.4, 0.5) is 5.69 Å². The fraction of sp³-hybridized carbons (Fsp3) is 0.222. The largest absolute Gasteiger partial charge is 0.462 e. The Labute approximate surface area is 129 Å². The molecule has 2 aromatic rings. The smallest absolute Gasteiger partial charge is 0.330 e. The van der Waals surface area contributed by atoms with E-state index in [1.54, 1.807) is 0 Å². The fourth-order valence-electron chi connectivity index (χ4n) is 1.95. The van der Waals surface area contributed by atoms with E-state index in [0.717, 1.165) is 16.8 Å². The normalized spacial score (nSPS) is 11.0. The van der Waals surface area contributed by atoms with Crippen molar-refractivity contribution in [3.63, 3.8) is 0 Å². The summed E-state index contributed by atoms with van der Waals surface area (Å²) in [5.41, 5.74) is 0.711. The molecule has 2 aromatic carbocycles. The quantitative estimate of drug-likeness (QED) is 0.678. The van der Waals surface area contributed by atoms with Gasteiger partial charge in [-0.3, -0.25) is 4.79 Å². The lowest BCUT2D eigenvalue weighted by molar-refractivity contribution is -0.138. The minimum Gasteiger partial charge on any atom is -0.462 e. The van der Waals surface area contributed by atoms with Gasteiger partial charge in [-0.05, 0) is 17.4 Å². The zero-order valence-electron chi connectivity index (χ0n) is 12.7. The Hall–Kier alpha value is -2.62. The predicted molar refractivity (Wildman–Crippen MR) is 87.5 cm³/mol. The second kappa shape index (κ2) is 7.41. The van der Waals surface area contributed by atoms with Crippen molar-refractivity contribution in [2.24, 2.45) is 5.92 Å². The van der Waals surface area contributed by atoms with Gasteiger partial charge in [0.15, 0.2) is 0 Å². The van der Waals surface area contributed by atoms with Crippen molar-refractivity contribution in [1.82, 2.24) is 0 Å². The van der Waals surface area contributed by atoms with Crippen LogP contribution in [-0.2, 0) is 14.3 Å². The maximum absolute atomic E-state index is 11.9. The summed E-state index contributed by atoms with van der Waals surface area (Å²) in [6.07, 6.45) is 2.33. The van der Waals surface area contributed by atoms with E-state index in [9.17, 15) is 9.59 Å². The van der Waals surface area contributed by atoms with Gasteiger partial charge in [-0.2, -0.15) is 0 Å². The van der Waals surface area contributed by atoms with Gasteiger partial charge in [-0.1, -0.05) is 50.2 Å². The molecule has 0 spiro atoms. The Morgan fingerprint density at radius 3 is 2.59 bits per heavy atom. The third-order valence-electron chi connectivity index (χ3n) is 2.98. The van der Waals surface area contributed by atoms with Crippen LogP contribution >= 0.6 is 0 Å². The van der Waals surface area contributed by atoms with Crippen LogP contribution in [0.2, 0.25) is 0 Å². The first kappa shape index (κ1) is 15.8. The van der Waals surface area contributed by atoms with Gasteiger partial charge in [0.2, 0.25) is 5.91 Å². The molecule has 0 fully saturated rings. The van der Waals surface area contributed by atoms with Crippen LogP contribution in [0.25, 0.3) is 10.8 Å². The molecule has 22 heavy (non-hydrogen) atoms. The SMILES string of the molecule is CC(C)COC(=O)/C=C/C(=O)Nc1cccc2ccccc12. The number of hydrogen-bond acceptors (Lipinski definition) is 3. The monoisotopic (exact) mass is 297 g/mol. The summed E-state index contributed by atoms with van der Waals surface area (Å²) >= 11 is 0. The van der Waals surface area contributed by atoms with Crippen LogP contribution in [0, 0.1) is 5.92 Å². The van der Waals surface area contributed by atoms with Crippen LogP contribution in [0.1, 0.15) is 13.8 Å². The van der Waals surface area contributed by atoms with E-state index in [2.05, 4.69) is 5.32 Å². The number of anilines is 1. The molecule has 0 aliphatic rings. The number of fused-ring (bicyclic) bond motifs is 1. The molecule has 0 saturated heterocycles. The average Bonchev–Trinajstić information content (AvgIpc) is 2.51. The first-order valence-corrected chi connectivity index (χ1v) is 7.20. The minimum absolute atomic E-state index is 0.266. The summed E-state index contributed by atoms with van der Waals surface area (Å²) in [4.78, 5) is 23.3. The van der Waals surface area contributed by atoms with Gasteiger partial charge >= 0.3 is 5.97 Å². The number of benzene rings is 2. The molecular formula is C18H19NO3. The molecule has 0 radical (unpaired) electrons. The van der Waals surface area contributed by atoms with E-state index in [-0.39, 0.29) is 11.8 Å². The second-order valence-corrected chi connectivity index (χ2v) is 5.37. The first-order valence-electron chi connectivity index (χ1n) is 7.20. The summed E-state index contributed by atoms with van der Waals surface area (Å²) in [7, 11) is 0. The number of amides is 1. The lowest BCUT2D eigenvalue weighted by atomic mass is 10.1. The minimum atomic E-state index is -0.512. The van der Waals surface area contributed by atoms with Crippen molar-refractivity contribution < 1.29 is 14.3 Å². The highest BCUT2D eigenvalue weighted by Crippen LogP contribution is 2.22. The zero-order valence-corrected chi connectivity index (χ0v) is 12.7. The third-order valence-corrected chi connectivity index (χ3v) is 2.98. The van der Waals surface area contributed by atoms with Gasteiger partial charge in [0.25, 0.3) is 0 Å². The first-order chi connectivity index (χ1) is 10.6. The molecule has 0 aliphatic heterocycles. The maximum atomic E-state index is 11.9. The van der Waals surface area contributed by atoms with Gasteiger partial charge in [0.05, 0.1) is 6.61 Å². The van der Waals surface area contributed by atoms with E-state index in [1.807, 2.05) is 56.3 Å². The molecule has 0 aromatic heterocycles. The van der Waals surface area contributed by atoms with Crippen molar-refractivity contribution >= 4 is 28.3 Å². The highest BCUT2D eigenvalue weighted by atomic mass is 16.5. The fourth-order valence-corrected chi connectivity index (χ4v) is 1.95. The standard InChI is InChI=1S/C18H19NO3/c1-13(2)12-22-18(21)11-10-17(20)19-16-9-5-7-14-6-3-4-8-15(14)16/h3-11,13H,12H2,1-2H3,(H,19,20)/b11-10+. The lowest BCUT2D eigenvalue weighted by Gasteiger charge is -2.07. The van der Waals surface area contributed by atoms with Crippen LogP contribution in [0.3, 0.4) is 0 Å². The van der Waals surface area contributed by atoms with E-state index < -0.39 is 5.97 Å². The maximum Gasteiger partial charge on any atom is 0.330 e. The number of nitrogens with one attached hydrogen (secondary N) is 1. The number of rotatable bonds is 5. The van der Waals surface area contributed by atoms with Gasteiger partial charge in [0, 0.05) is 23.2 Å². The van der Waals surface area contributed by atoms with E-state index in [0.29, 0.717) is 12.3 Å². The molecule has 4 nitrogen and oxygen atoms in total. The molecular weight excluding hydrogens is 278 g/mol. The van der Waals surface area contributed by atoms with Crippen molar-refractivity contribution in [2.75, 3.05) is 11.9 Å². The van der Waals surface area contributed by atoms with E-state index in [1.165, 1.54) is 6.08 Å². The number of hydrogen-bond donors (Lipinski definition) is 1. The van der Waals surface area contributed by atoms with Gasteiger partial charge in [-0.25, -0.2) is 4.79 Å². The van der Waals surface area contributed by atoms with E-state index >= 15 is 0 Å². The Bertz CT molecular complexity index is 699. The number of ether oxygens (including phenoxy) is 1. The third kappa shape index (κ3) is 4.45. The Morgan fingerprint density at radius 1 is 1.09 bits per heavy atom. The zero-order chi connectivity index (χ0) is 15.9. The molecule has 0 saturated carbocycles. The predicted octanol–water partition coefficient (Wildman–Crippen LogP) is 3.53. The van der Waals surface area contributed by atoms with Crippen LogP contribution < -0.4 is 5.32 Å². The van der Waals surface area contributed by atoms with Crippen molar-refractivity contribution in [3.8, 4) is 0 Å². The molecule has 114 valence electrons. The topological polar surface area (TPSA) is 55.4 Å². The summed E-state index contributed by atoms with van der Waals surface area (Å²) in [5.74, 6) is -0.610. The van der Waals surface area contributed by atoms with Gasteiger partial charge in [-0.15, -0.1) is 0 Å². The molecule has 0 unspecified atom stereocenters. The van der Waals surface area contributed by atoms with E-state index in [4.69, 9.17) is 4.74 Å². The highest BCUT2D eigenvalue weighted by Gasteiger charge is 2.04. The van der Waals surface area contributed by atoms with Gasteiger partial charge in [0.1, 0.15) is 0 Å². The number of carbonyl (C=O) groups excluding carboxylic acids is 2. The summed E-state index contributed by atoms with van der Waals surface area (Å²) < 4.78 is 4.97. The summed E-state index contributed by atoms with van der Waals surface area (Å²) in [6.45, 7) is 4.24. The lowest BCUT2D eigenvalue weighted by Crippen LogP contribution is -2.11. The van der Waals surface area contributed by atoms with Crippen molar-refractivity contribution in [2.45, 2.75) is 13.8 Å². The molecule has 4 heteroatoms. The average molecular weight is 297 g/mol. The Morgan fingerprint density at radius 2 is 1.82 bits per heavy atom. The van der Waals surface area contributed by atoms with Crippen LogP contribution in [0.15, 0.2) is 54.6 Å². The Kier molecular flexibility index (Phi) is 5.31. The summed E-state index contributed by atoms with van der Waals surface area (Å²) in [6, 6.07) is 13.4. The van der Waals surface area contributed by atoms with Gasteiger partial charge < -0.3 is 10.1 Å². The molecule has 1 N–H and O–H groups in total.